The lowest BCUT2D eigenvalue weighted by Crippen LogP contribution is -2.48. The molecule has 1 aliphatic heterocycles. The molecule has 1 saturated carbocycles. The van der Waals surface area contributed by atoms with E-state index in [2.05, 4.69) is 27.0 Å². The van der Waals surface area contributed by atoms with Crippen LogP contribution in [0.15, 0.2) is 4.99 Å². The molecule has 2 fully saturated rings. The molecule has 1 aliphatic carbocycles. The van der Waals surface area contributed by atoms with Crippen LogP contribution in [0, 0.1) is 5.92 Å². The largest absolute Gasteiger partial charge is 0.383 e. The summed E-state index contributed by atoms with van der Waals surface area (Å²) in [6, 6.07) is 0.791. The molecule has 1 atom stereocenters. The Morgan fingerprint density at radius 3 is 2.76 bits per heavy atom. The molecule has 5 nitrogen and oxygen atoms in total. The minimum Gasteiger partial charge on any atom is -0.383 e. The molecular weight excluding hydrogens is 264 g/mol. The van der Waals surface area contributed by atoms with Crippen molar-refractivity contribution in [2.75, 3.05) is 53.5 Å². The first-order valence-corrected chi connectivity index (χ1v) is 8.43. The number of hydrogen-bond donors (Lipinski definition) is 1. The second-order valence-electron chi connectivity index (χ2n) is 6.43. The number of aliphatic imine (C=N–C) groups is 1. The Labute approximate surface area is 129 Å². The number of piperidine rings is 1. The fourth-order valence-electron chi connectivity index (χ4n) is 3.15. The maximum Gasteiger partial charge on any atom is 0.193 e. The maximum atomic E-state index is 5.21. The summed E-state index contributed by atoms with van der Waals surface area (Å²) in [6.07, 6.45) is 5.33. The predicted octanol–water partition coefficient (Wildman–Crippen LogP) is 1.40. The average Bonchev–Trinajstić information content (AvgIpc) is 3.31. The van der Waals surface area contributed by atoms with E-state index in [0.717, 1.165) is 57.2 Å². The Kier molecular flexibility index (Phi) is 6.77. The van der Waals surface area contributed by atoms with Crippen molar-refractivity contribution in [3.05, 3.63) is 0 Å². The highest BCUT2D eigenvalue weighted by Gasteiger charge is 2.28. The highest BCUT2D eigenvalue weighted by molar-refractivity contribution is 5.79. The fourth-order valence-corrected chi connectivity index (χ4v) is 3.15. The normalized spacial score (nSPS) is 23.7. The predicted molar refractivity (Wildman–Crippen MR) is 87.8 cm³/mol. The van der Waals surface area contributed by atoms with Crippen LogP contribution in [0.5, 0.6) is 0 Å². The number of guanidine groups is 1. The highest BCUT2D eigenvalue weighted by atomic mass is 16.5. The molecule has 0 aromatic rings. The quantitative estimate of drug-likeness (QED) is 0.569. The van der Waals surface area contributed by atoms with Crippen LogP contribution >= 0.6 is 0 Å². The van der Waals surface area contributed by atoms with Crippen LogP contribution in [-0.2, 0) is 4.74 Å². The fraction of sp³-hybridized carbons (Fsp3) is 0.938. The van der Waals surface area contributed by atoms with E-state index in [-0.39, 0.29) is 0 Å². The standard InChI is InChI=1S/C16H32N4O/c1-14-5-4-9-20(13-14)16(17-2)18-8-10-19(11-12-21-3)15-6-7-15/h14-15H,4-13H2,1-3H3,(H,17,18). The molecule has 122 valence electrons. The van der Waals surface area contributed by atoms with Crippen LogP contribution in [0.1, 0.15) is 32.6 Å². The Bertz CT molecular complexity index is 330. The van der Waals surface area contributed by atoms with Gasteiger partial charge >= 0.3 is 0 Å². The third-order valence-corrected chi connectivity index (χ3v) is 4.50. The topological polar surface area (TPSA) is 40.1 Å². The summed E-state index contributed by atoms with van der Waals surface area (Å²) in [4.78, 5) is 9.41. The SMILES string of the molecule is CN=C(NCCN(CCOC)C1CC1)N1CCCC(C)C1. The van der Waals surface area contributed by atoms with Crippen LogP contribution in [0.4, 0.5) is 0 Å². The number of likely N-dealkylation sites (tertiary alicyclic amines) is 1. The molecule has 1 N–H and O–H groups in total. The van der Waals surface area contributed by atoms with Crippen molar-refractivity contribution >= 4 is 5.96 Å². The van der Waals surface area contributed by atoms with Gasteiger partial charge in [-0.25, -0.2) is 0 Å². The van der Waals surface area contributed by atoms with Gasteiger partial charge in [-0.05, 0) is 31.6 Å². The molecule has 0 bridgehead atoms. The molecule has 0 radical (unpaired) electrons. The third kappa shape index (κ3) is 5.47. The van der Waals surface area contributed by atoms with E-state index in [4.69, 9.17) is 4.74 Å². The van der Waals surface area contributed by atoms with E-state index in [1.54, 1.807) is 7.11 Å². The van der Waals surface area contributed by atoms with E-state index in [1.165, 1.54) is 25.7 Å². The molecular formula is C16H32N4O. The summed E-state index contributed by atoms with van der Waals surface area (Å²) in [5.41, 5.74) is 0. The van der Waals surface area contributed by atoms with Gasteiger partial charge in [0.25, 0.3) is 0 Å². The van der Waals surface area contributed by atoms with E-state index >= 15 is 0 Å². The average molecular weight is 296 g/mol. The van der Waals surface area contributed by atoms with Crippen LogP contribution < -0.4 is 5.32 Å². The lowest BCUT2D eigenvalue weighted by molar-refractivity contribution is 0.144. The smallest absolute Gasteiger partial charge is 0.193 e. The highest BCUT2D eigenvalue weighted by Crippen LogP contribution is 2.26. The zero-order chi connectivity index (χ0) is 15.1. The van der Waals surface area contributed by atoms with Gasteiger partial charge < -0.3 is 15.0 Å². The van der Waals surface area contributed by atoms with Crippen LogP contribution in [0.3, 0.4) is 0 Å². The number of nitrogens with zero attached hydrogens (tertiary/aromatic N) is 3. The monoisotopic (exact) mass is 296 g/mol. The number of ether oxygens (including phenoxy) is 1. The van der Waals surface area contributed by atoms with E-state index in [1.807, 2.05) is 7.05 Å². The van der Waals surface area contributed by atoms with Gasteiger partial charge in [0.2, 0.25) is 0 Å². The first-order chi connectivity index (χ1) is 10.2. The number of nitrogens with one attached hydrogen (secondary N) is 1. The molecule has 21 heavy (non-hydrogen) atoms. The number of methoxy groups -OCH3 is 1. The Morgan fingerprint density at radius 1 is 1.33 bits per heavy atom. The molecule has 2 rings (SSSR count). The van der Waals surface area contributed by atoms with Gasteiger partial charge in [0.1, 0.15) is 0 Å². The van der Waals surface area contributed by atoms with Gasteiger partial charge in [-0.3, -0.25) is 9.89 Å². The summed E-state index contributed by atoms with van der Waals surface area (Å²) in [6.45, 7) is 8.53. The molecule has 0 aromatic carbocycles. The van der Waals surface area contributed by atoms with Crippen molar-refractivity contribution in [1.82, 2.24) is 15.1 Å². The molecule has 0 aromatic heterocycles. The molecule has 0 spiro atoms. The molecule has 0 amide bonds. The van der Waals surface area contributed by atoms with E-state index < -0.39 is 0 Å². The van der Waals surface area contributed by atoms with Crippen molar-refractivity contribution in [1.29, 1.82) is 0 Å². The third-order valence-electron chi connectivity index (χ3n) is 4.50. The summed E-state index contributed by atoms with van der Waals surface area (Å²) in [7, 11) is 3.67. The van der Waals surface area contributed by atoms with Crippen LogP contribution in [0.2, 0.25) is 0 Å². The van der Waals surface area contributed by atoms with Gasteiger partial charge in [0.15, 0.2) is 5.96 Å². The zero-order valence-electron chi connectivity index (χ0n) is 14.0. The van der Waals surface area contributed by atoms with Gasteiger partial charge in [-0.1, -0.05) is 6.92 Å². The van der Waals surface area contributed by atoms with Crippen LogP contribution in [0.25, 0.3) is 0 Å². The minimum atomic E-state index is 0.780. The van der Waals surface area contributed by atoms with Crippen molar-refractivity contribution < 1.29 is 4.74 Å². The lowest BCUT2D eigenvalue weighted by atomic mass is 10.0. The molecule has 1 unspecified atom stereocenters. The van der Waals surface area contributed by atoms with Crippen molar-refractivity contribution in [3.63, 3.8) is 0 Å². The molecule has 1 heterocycles. The van der Waals surface area contributed by atoms with E-state index in [0.29, 0.717) is 0 Å². The Balaban J connectivity index is 1.72. The first-order valence-electron chi connectivity index (χ1n) is 8.43. The summed E-state index contributed by atoms with van der Waals surface area (Å²) in [5.74, 6) is 1.85. The van der Waals surface area contributed by atoms with Gasteiger partial charge in [0, 0.05) is 52.9 Å². The zero-order valence-corrected chi connectivity index (χ0v) is 14.0. The molecule has 5 heteroatoms. The Morgan fingerprint density at radius 2 is 2.14 bits per heavy atom. The second kappa shape index (κ2) is 8.59. The minimum absolute atomic E-state index is 0.780. The Hall–Kier alpha value is -0.810. The van der Waals surface area contributed by atoms with Crippen molar-refractivity contribution in [2.24, 2.45) is 10.9 Å². The van der Waals surface area contributed by atoms with Crippen molar-refractivity contribution in [3.8, 4) is 0 Å². The maximum absolute atomic E-state index is 5.21. The van der Waals surface area contributed by atoms with Crippen molar-refractivity contribution in [2.45, 2.75) is 38.6 Å². The molecule has 1 saturated heterocycles. The van der Waals surface area contributed by atoms with Gasteiger partial charge in [-0.15, -0.1) is 0 Å². The molecule has 2 aliphatic rings. The number of hydrogen-bond acceptors (Lipinski definition) is 3. The van der Waals surface area contributed by atoms with Gasteiger partial charge in [0.05, 0.1) is 6.61 Å². The second-order valence-corrected chi connectivity index (χ2v) is 6.43. The van der Waals surface area contributed by atoms with Gasteiger partial charge in [-0.2, -0.15) is 0 Å². The lowest BCUT2D eigenvalue weighted by Gasteiger charge is -2.34. The summed E-state index contributed by atoms with van der Waals surface area (Å²) < 4.78 is 5.21. The van der Waals surface area contributed by atoms with Crippen LogP contribution in [-0.4, -0.2) is 75.3 Å². The number of rotatable bonds is 7. The summed E-state index contributed by atoms with van der Waals surface area (Å²) in [5, 5.41) is 3.54. The van der Waals surface area contributed by atoms with E-state index in [9.17, 15) is 0 Å². The summed E-state index contributed by atoms with van der Waals surface area (Å²) >= 11 is 0. The first kappa shape index (κ1) is 16.6.